The summed E-state index contributed by atoms with van der Waals surface area (Å²) in [6.07, 6.45) is 1.21. The van der Waals surface area contributed by atoms with Crippen LogP contribution in [0, 0.1) is 0 Å². The Kier molecular flexibility index (Phi) is 12.8. The van der Waals surface area contributed by atoms with Crippen LogP contribution in [0.3, 0.4) is 0 Å². The Labute approximate surface area is 246 Å². The van der Waals surface area contributed by atoms with Gasteiger partial charge in [-0.25, -0.2) is 0 Å². The Bertz CT molecular complexity index is 1250. The maximum absolute atomic E-state index is 13.8. The summed E-state index contributed by atoms with van der Waals surface area (Å²) >= 11 is 1.60. The van der Waals surface area contributed by atoms with Crippen molar-refractivity contribution in [1.29, 1.82) is 0 Å². The smallest absolute Gasteiger partial charge is 0.258 e. The summed E-state index contributed by atoms with van der Waals surface area (Å²) in [6, 6.07) is 14.8. The minimum Gasteiger partial charge on any atom is -0.497 e. The number of hydrogen-bond donors (Lipinski definition) is 0. The van der Waals surface area contributed by atoms with Gasteiger partial charge in [0, 0.05) is 37.2 Å². The van der Waals surface area contributed by atoms with Crippen LogP contribution in [-0.2, 0) is 22.5 Å². The summed E-state index contributed by atoms with van der Waals surface area (Å²) in [5.41, 5.74) is 1.38. The molecule has 0 bridgehead atoms. The van der Waals surface area contributed by atoms with Gasteiger partial charge in [-0.2, -0.15) is 0 Å². The third-order valence-electron chi connectivity index (χ3n) is 6.57. The number of ether oxygens (including phenoxy) is 5. The highest BCUT2D eigenvalue weighted by molar-refractivity contribution is 7.09. The standard InChI is InChI=1S/C31H40N2O7S/c1-6-40-17-8-15-33(31(35)26-12-11-24(36-2)20-28(26)38-4)22-30(34)32(21-25-9-7-18-41-25)16-14-23-10-13-27(37-3)29(19-23)39-5/h7,9-13,18-20H,6,8,14-17,21-22H2,1-5H3. The second-order valence-electron chi connectivity index (χ2n) is 9.18. The van der Waals surface area contributed by atoms with E-state index in [-0.39, 0.29) is 18.4 Å². The van der Waals surface area contributed by atoms with Gasteiger partial charge in [0.15, 0.2) is 11.5 Å². The number of amides is 2. The molecule has 3 aromatic rings. The summed E-state index contributed by atoms with van der Waals surface area (Å²) < 4.78 is 27.1. The SMILES string of the molecule is CCOCCCN(CC(=O)N(CCc1ccc(OC)c(OC)c1)Cc1cccs1)C(=O)c1ccc(OC)cc1OC. The average molecular weight is 585 g/mol. The van der Waals surface area contributed by atoms with E-state index in [1.807, 2.05) is 42.6 Å². The van der Waals surface area contributed by atoms with Gasteiger partial charge in [-0.1, -0.05) is 12.1 Å². The number of rotatable bonds is 17. The molecule has 9 nitrogen and oxygen atoms in total. The van der Waals surface area contributed by atoms with Crippen molar-refractivity contribution in [3.63, 3.8) is 0 Å². The monoisotopic (exact) mass is 584 g/mol. The molecule has 222 valence electrons. The van der Waals surface area contributed by atoms with Crippen molar-refractivity contribution in [3.05, 3.63) is 69.9 Å². The molecule has 0 unspecified atom stereocenters. The van der Waals surface area contributed by atoms with E-state index in [1.165, 1.54) is 7.11 Å². The van der Waals surface area contributed by atoms with Crippen molar-refractivity contribution in [2.75, 3.05) is 61.3 Å². The molecule has 0 aliphatic rings. The molecule has 1 heterocycles. The summed E-state index contributed by atoms with van der Waals surface area (Å²) in [4.78, 5) is 32.0. The largest absolute Gasteiger partial charge is 0.497 e. The number of carbonyl (C=O) groups excluding carboxylic acids is 2. The predicted molar refractivity (Wildman–Crippen MR) is 160 cm³/mol. The van der Waals surface area contributed by atoms with E-state index in [2.05, 4.69) is 0 Å². The second-order valence-corrected chi connectivity index (χ2v) is 10.2. The number of nitrogens with zero attached hydrogens (tertiary/aromatic N) is 2. The van der Waals surface area contributed by atoms with Crippen molar-refractivity contribution in [2.24, 2.45) is 0 Å². The van der Waals surface area contributed by atoms with E-state index >= 15 is 0 Å². The van der Waals surface area contributed by atoms with Crippen LogP contribution in [-0.4, -0.2) is 82.9 Å². The molecular weight excluding hydrogens is 544 g/mol. The highest BCUT2D eigenvalue weighted by Crippen LogP contribution is 2.28. The molecular formula is C31H40N2O7S. The van der Waals surface area contributed by atoms with Gasteiger partial charge in [0.2, 0.25) is 5.91 Å². The van der Waals surface area contributed by atoms with Crippen molar-refractivity contribution in [2.45, 2.75) is 26.3 Å². The first-order valence-corrected chi connectivity index (χ1v) is 14.4. The topological polar surface area (TPSA) is 86.8 Å². The quantitative estimate of drug-likeness (QED) is 0.208. The van der Waals surface area contributed by atoms with Gasteiger partial charge in [0.25, 0.3) is 5.91 Å². The number of thiophene rings is 1. The molecule has 0 fully saturated rings. The lowest BCUT2D eigenvalue weighted by Crippen LogP contribution is -2.44. The summed E-state index contributed by atoms with van der Waals surface area (Å²) in [6.45, 7) is 4.22. The highest BCUT2D eigenvalue weighted by Gasteiger charge is 2.25. The van der Waals surface area contributed by atoms with Gasteiger partial charge in [-0.15, -0.1) is 11.3 Å². The molecule has 0 spiro atoms. The molecule has 10 heteroatoms. The van der Waals surface area contributed by atoms with Crippen molar-refractivity contribution >= 4 is 23.2 Å². The number of hydrogen-bond acceptors (Lipinski definition) is 8. The van der Waals surface area contributed by atoms with Crippen LogP contribution in [0.1, 0.15) is 34.1 Å². The molecule has 3 rings (SSSR count). The predicted octanol–water partition coefficient (Wildman–Crippen LogP) is 4.92. The molecule has 0 saturated carbocycles. The highest BCUT2D eigenvalue weighted by atomic mass is 32.1. The molecule has 0 saturated heterocycles. The molecule has 0 aliphatic carbocycles. The Morgan fingerprint density at radius 2 is 1.61 bits per heavy atom. The zero-order chi connectivity index (χ0) is 29.6. The van der Waals surface area contributed by atoms with Crippen LogP contribution < -0.4 is 18.9 Å². The van der Waals surface area contributed by atoms with Crippen LogP contribution in [0.2, 0.25) is 0 Å². The zero-order valence-electron chi connectivity index (χ0n) is 24.5. The van der Waals surface area contributed by atoms with Gasteiger partial charge in [0.1, 0.15) is 18.0 Å². The minimum atomic E-state index is -0.287. The third-order valence-corrected chi connectivity index (χ3v) is 7.43. The van der Waals surface area contributed by atoms with E-state index in [0.29, 0.717) is 74.3 Å². The summed E-state index contributed by atoms with van der Waals surface area (Å²) in [5, 5.41) is 1.99. The summed E-state index contributed by atoms with van der Waals surface area (Å²) in [7, 11) is 6.26. The van der Waals surface area contributed by atoms with Crippen LogP contribution in [0.5, 0.6) is 23.0 Å². The minimum absolute atomic E-state index is 0.0720. The zero-order valence-corrected chi connectivity index (χ0v) is 25.3. The molecule has 0 aliphatic heterocycles. The van der Waals surface area contributed by atoms with Gasteiger partial charge < -0.3 is 33.5 Å². The first-order chi connectivity index (χ1) is 19.9. The number of carbonyl (C=O) groups is 2. The molecule has 2 aromatic carbocycles. The Hall–Kier alpha value is -3.76. The van der Waals surface area contributed by atoms with Crippen molar-refractivity contribution < 1.29 is 33.3 Å². The maximum atomic E-state index is 13.8. The van der Waals surface area contributed by atoms with E-state index in [0.717, 1.165) is 10.4 Å². The van der Waals surface area contributed by atoms with Gasteiger partial charge >= 0.3 is 0 Å². The summed E-state index contributed by atoms with van der Waals surface area (Å²) in [5.74, 6) is 1.83. The molecule has 1 aromatic heterocycles. The fourth-order valence-electron chi connectivity index (χ4n) is 4.35. The van der Waals surface area contributed by atoms with Crippen LogP contribution in [0.15, 0.2) is 53.9 Å². The van der Waals surface area contributed by atoms with E-state index in [9.17, 15) is 9.59 Å². The fourth-order valence-corrected chi connectivity index (χ4v) is 5.07. The molecule has 41 heavy (non-hydrogen) atoms. The molecule has 0 radical (unpaired) electrons. The van der Waals surface area contributed by atoms with Crippen molar-refractivity contribution in [3.8, 4) is 23.0 Å². The van der Waals surface area contributed by atoms with E-state index in [4.69, 9.17) is 23.7 Å². The lowest BCUT2D eigenvalue weighted by Gasteiger charge is -2.28. The normalized spacial score (nSPS) is 10.7. The van der Waals surface area contributed by atoms with Crippen LogP contribution in [0.4, 0.5) is 0 Å². The van der Waals surface area contributed by atoms with E-state index < -0.39 is 0 Å². The molecule has 0 N–H and O–H groups in total. The lowest BCUT2D eigenvalue weighted by atomic mass is 10.1. The Morgan fingerprint density at radius 3 is 2.27 bits per heavy atom. The fraction of sp³-hybridized carbons (Fsp3) is 0.419. The lowest BCUT2D eigenvalue weighted by molar-refractivity contribution is -0.132. The van der Waals surface area contributed by atoms with E-state index in [1.54, 1.807) is 60.7 Å². The second kappa shape index (κ2) is 16.5. The van der Waals surface area contributed by atoms with Crippen molar-refractivity contribution in [1.82, 2.24) is 9.80 Å². The first kappa shape index (κ1) is 31.8. The Morgan fingerprint density at radius 1 is 0.829 bits per heavy atom. The number of methoxy groups -OCH3 is 4. The maximum Gasteiger partial charge on any atom is 0.258 e. The van der Waals surface area contributed by atoms with Crippen LogP contribution >= 0.6 is 11.3 Å². The molecule has 0 atom stereocenters. The molecule has 2 amide bonds. The van der Waals surface area contributed by atoms with Gasteiger partial charge in [-0.3, -0.25) is 9.59 Å². The Balaban J connectivity index is 1.82. The van der Waals surface area contributed by atoms with Gasteiger partial charge in [-0.05, 0) is 61.0 Å². The number of benzene rings is 2. The third kappa shape index (κ3) is 9.12. The first-order valence-electron chi connectivity index (χ1n) is 13.5. The average Bonchev–Trinajstić information content (AvgIpc) is 3.53. The van der Waals surface area contributed by atoms with Gasteiger partial charge in [0.05, 0.1) is 40.5 Å². The van der Waals surface area contributed by atoms with Crippen LogP contribution in [0.25, 0.3) is 0 Å².